The average molecular weight is 304 g/mol. The lowest BCUT2D eigenvalue weighted by Crippen LogP contribution is -2.46. The molecule has 22 heavy (non-hydrogen) atoms. The maximum absolute atomic E-state index is 12.6. The zero-order valence-electron chi connectivity index (χ0n) is 13.8. The van der Waals surface area contributed by atoms with Crippen LogP contribution in [-0.4, -0.2) is 43.6 Å². The minimum atomic E-state index is 0.288. The zero-order chi connectivity index (χ0) is 15.8. The number of carbonyl (C=O) groups excluding carboxylic acids is 1. The molecule has 122 valence electrons. The fourth-order valence-electron chi connectivity index (χ4n) is 3.09. The van der Waals surface area contributed by atoms with Gasteiger partial charge in [0.15, 0.2) is 0 Å². The summed E-state index contributed by atoms with van der Waals surface area (Å²) in [5.74, 6) is 1.14. The fraction of sp³-hybridized carbons (Fsp3) is 0.611. The first-order valence-electron chi connectivity index (χ1n) is 8.37. The molecular formula is C18H28N2O2. The predicted molar refractivity (Wildman–Crippen MR) is 89.2 cm³/mol. The Morgan fingerprint density at radius 2 is 2.14 bits per heavy atom. The van der Waals surface area contributed by atoms with Crippen molar-refractivity contribution in [3.05, 3.63) is 29.8 Å². The molecule has 1 fully saturated rings. The highest BCUT2D eigenvalue weighted by molar-refractivity contribution is 5.76. The number of benzene rings is 1. The number of nitrogens with one attached hydrogen (secondary N) is 1. The van der Waals surface area contributed by atoms with Gasteiger partial charge in [0, 0.05) is 19.0 Å². The maximum Gasteiger partial charge on any atom is 0.223 e. The monoisotopic (exact) mass is 304 g/mol. The van der Waals surface area contributed by atoms with E-state index in [0.717, 1.165) is 56.6 Å². The van der Waals surface area contributed by atoms with Crippen LogP contribution in [0.4, 0.5) is 0 Å². The predicted octanol–water partition coefficient (Wildman–Crippen LogP) is 2.62. The van der Waals surface area contributed by atoms with E-state index in [4.69, 9.17) is 4.74 Å². The summed E-state index contributed by atoms with van der Waals surface area (Å²) < 4.78 is 5.24. The summed E-state index contributed by atoms with van der Waals surface area (Å²) in [6, 6.07) is 8.41. The summed E-state index contributed by atoms with van der Waals surface area (Å²) in [6.07, 6.45) is 4.53. The van der Waals surface area contributed by atoms with Crippen LogP contribution in [0.25, 0.3) is 0 Å². The molecule has 4 nitrogen and oxygen atoms in total. The van der Waals surface area contributed by atoms with E-state index < -0.39 is 0 Å². The number of carbonyl (C=O) groups is 1. The van der Waals surface area contributed by atoms with Crippen molar-refractivity contribution in [2.24, 2.45) is 0 Å². The van der Waals surface area contributed by atoms with Gasteiger partial charge in [-0.3, -0.25) is 4.79 Å². The molecule has 1 heterocycles. The molecule has 2 rings (SSSR count). The van der Waals surface area contributed by atoms with Gasteiger partial charge in [-0.1, -0.05) is 19.1 Å². The van der Waals surface area contributed by atoms with Crippen molar-refractivity contribution in [3.63, 3.8) is 0 Å². The molecule has 0 atom stereocenters. The number of amides is 1. The molecular weight excluding hydrogens is 276 g/mol. The Morgan fingerprint density at radius 3 is 2.82 bits per heavy atom. The molecule has 1 aliphatic rings. The quantitative estimate of drug-likeness (QED) is 0.842. The Hall–Kier alpha value is -1.55. The van der Waals surface area contributed by atoms with Gasteiger partial charge in [0.2, 0.25) is 5.91 Å². The third-order valence-electron chi connectivity index (χ3n) is 4.30. The highest BCUT2D eigenvalue weighted by Gasteiger charge is 2.24. The van der Waals surface area contributed by atoms with Gasteiger partial charge in [0.1, 0.15) is 5.75 Å². The van der Waals surface area contributed by atoms with E-state index in [1.54, 1.807) is 7.11 Å². The Bertz CT molecular complexity index is 470. The Labute approximate surface area is 133 Å². The van der Waals surface area contributed by atoms with E-state index in [1.807, 2.05) is 18.2 Å². The van der Waals surface area contributed by atoms with Crippen LogP contribution in [0.1, 0.15) is 38.2 Å². The molecule has 1 N–H and O–H groups in total. The summed E-state index contributed by atoms with van der Waals surface area (Å²) >= 11 is 0. The standard InChI is InChI=1S/C18H28N2O2/c1-3-13-20(16-9-11-19-12-10-16)18(21)8-7-15-5-4-6-17(14-15)22-2/h4-6,14,16,19H,3,7-13H2,1-2H3. The summed E-state index contributed by atoms with van der Waals surface area (Å²) in [5.41, 5.74) is 1.16. The minimum Gasteiger partial charge on any atom is -0.497 e. The normalized spacial score (nSPS) is 15.5. The number of nitrogens with zero attached hydrogens (tertiary/aromatic N) is 1. The largest absolute Gasteiger partial charge is 0.497 e. The van der Waals surface area contributed by atoms with E-state index in [2.05, 4.69) is 23.2 Å². The Kier molecular flexibility index (Phi) is 6.72. The fourth-order valence-corrected chi connectivity index (χ4v) is 3.09. The van der Waals surface area contributed by atoms with Crippen LogP contribution < -0.4 is 10.1 Å². The molecule has 0 spiro atoms. The molecule has 0 unspecified atom stereocenters. The number of hydrogen-bond donors (Lipinski definition) is 1. The maximum atomic E-state index is 12.6. The van der Waals surface area contributed by atoms with Crippen molar-refractivity contribution in [2.75, 3.05) is 26.7 Å². The summed E-state index contributed by atoms with van der Waals surface area (Å²) in [4.78, 5) is 14.7. The molecule has 1 amide bonds. The first-order valence-corrected chi connectivity index (χ1v) is 8.37. The second-order valence-corrected chi connectivity index (χ2v) is 5.92. The molecule has 0 aliphatic carbocycles. The smallest absolute Gasteiger partial charge is 0.223 e. The van der Waals surface area contributed by atoms with Crippen LogP contribution >= 0.6 is 0 Å². The Morgan fingerprint density at radius 1 is 1.36 bits per heavy atom. The number of piperidine rings is 1. The number of rotatable bonds is 7. The van der Waals surface area contributed by atoms with Crippen LogP contribution in [0, 0.1) is 0 Å². The highest BCUT2D eigenvalue weighted by atomic mass is 16.5. The van der Waals surface area contributed by atoms with Crippen LogP contribution in [0.2, 0.25) is 0 Å². The number of aryl methyl sites for hydroxylation is 1. The zero-order valence-corrected chi connectivity index (χ0v) is 13.8. The third-order valence-corrected chi connectivity index (χ3v) is 4.30. The van der Waals surface area contributed by atoms with Gasteiger partial charge in [0.05, 0.1) is 7.11 Å². The molecule has 0 radical (unpaired) electrons. The Balaban J connectivity index is 1.92. The summed E-state index contributed by atoms with van der Waals surface area (Å²) in [5, 5.41) is 3.37. The van der Waals surface area contributed by atoms with Crippen LogP contribution in [0.3, 0.4) is 0 Å². The number of ether oxygens (including phenoxy) is 1. The van der Waals surface area contributed by atoms with Crippen LogP contribution in [-0.2, 0) is 11.2 Å². The summed E-state index contributed by atoms with van der Waals surface area (Å²) in [6.45, 7) is 5.06. The van der Waals surface area contributed by atoms with Gasteiger partial charge in [-0.05, 0) is 56.5 Å². The third kappa shape index (κ3) is 4.73. The van der Waals surface area contributed by atoms with E-state index >= 15 is 0 Å². The van der Waals surface area contributed by atoms with Crippen molar-refractivity contribution in [2.45, 2.75) is 45.1 Å². The lowest BCUT2D eigenvalue weighted by Gasteiger charge is -2.34. The molecule has 0 bridgehead atoms. The van der Waals surface area contributed by atoms with Gasteiger partial charge in [-0.25, -0.2) is 0 Å². The molecule has 4 heteroatoms. The van der Waals surface area contributed by atoms with Gasteiger partial charge in [-0.2, -0.15) is 0 Å². The molecule has 0 aromatic heterocycles. The van der Waals surface area contributed by atoms with Crippen molar-refractivity contribution >= 4 is 5.91 Å². The minimum absolute atomic E-state index is 0.288. The molecule has 1 aromatic rings. The van der Waals surface area contributed by atoms with Crippen molar-refractivity contribution in [1.29, 1.82) is 0 Å². The SMILES string of the molecule is CCCN(C(=O)CCc1cccc(OC)c1)C1CCNCC1. The second-order valence-electron chi connectivity index (χ2n) is 5.92. The molecule has 0 saturated carbocycles. The van der Waals surface area contributed by atoms with Crippen LogP contribution in [0.15, 0.2) is 24.3 Å². The van der Waals surface area contributed by atoms with Crippen LogP contribution in [0.5, 0.6) is 5.75 Å². The number of hydrogen-bond acceptors (Lipinski definition) is 3. The van der Waals surface area contributed by atoms with Gasteiger partial charge < -0.3 is 15.0 Å². The molecule has 1 aromatic carbocycles. The second kappa shape index (κ2) is 8.79. The first kappa shape index (κ1) is 16.8. The first-order chi connectivity index (χ1) is 10.7. The van der Waals surface area contributed by atoms with E-state index in [0.29, 0.717) is 12.5 Å². The topological polar surface area (TPSA) is 41.6 Å². The van der Waals surface area contributed by atoms with Gasteiger partial charge >= 0.3 is 0 Å². The average Bonchev–Trinajstić information content (AvgIpc) is 2.58. The lowest BCUT2D eigenvalue weighted by molar-refractivity contribution is -0.134. The highest BCUT2D eigenvalue weighted by Crippen LogP contribution is 2.17. The molecule has 1 aliphatic heterocycles. The van der Waals surface area contributed by atoms with Crippen molar-refractivity contribution in [3.8, 4) is 5.75 Å². The van der Waals surface area contributed by atoms with Gasteiger partial charge in [0.25, 0.3) is 0 Å². The van der Waals surface area contributed by atoms with E-state index in [-0.39, 0.29) is 5.91 Å². The van der Waals surface area contributed by atoms with E-state index in [1.165, 1.54) is 0 Å². The number of methoxy groups -OCH3 is 1. The molecule has 1 saturated heterocycles. The lowest BCUT2D eigenvalue weighted by atomic mass is 10.0. The van der Waals surface area contributed by atoms with Gasteiger partial charge in [-0.15, -0.1) is 0 Å². The van der Waals surface area contributed by atoms with Crippen molar-refractivity contribution < 1.29 is 9.53 Å². The summed E-state index contributed by atoms with van der Waals surface area (Å²) in [7, 11) is 1.67. The van der Waals surface area contributed by atoms with E-state index in [9.17, 15) is 4.79 Å². The van der Waals surface area contributed by atoms with Crippen molar-refractivity contribution in [1.82, 2.24) is 10.2 Å².